The number of nitrogens with one attached hydrogen (secondary N) is 1. The molecule has 1 atom stereocenters. The number of nitrogens with zero attached hydrogens (tertiary/aromatic N) is 1. The van der Waals surface area contributed by atoms with E-state index >= 15 is 0 Å². The zero-order valence-electron chi connectivity index (χ0n) is 15.4. The van der Waals surface area contributed by atoms with E-state index < -0.39 is 6.04 Å². The summed E-state index contributed by atoms with van der Waals surface area (Å²) in [4.78, 5) is 26.4. The Hall–Kier alpha value is -1.67. The molecule has 0 aromatic heterocycles. The van der Waals surface area contributed by atoms with Crippen LogP contribution in [0.2, 0.25) is 0 Å². The molecular formula is C19H28ClN3O4. The van der Waals surface area contributed by atoms with Crippen LogP contribution in [0.15, 0.2) is 24.3 Å². The van der Waals surface area contributed by atoms with Gasteiger partial charge in [-0.25, -0.2) is 0 Å². The number of hydrogen-bond acceptors (Lipinski definition) is 5. The topological polar surface area (TPSA) is 93.9 Å². The van der Waals surface area contributed by atoms with Crippen LogP contribution in [0.1, 0.15) is 18.4 Å². The largest absolute Gasteiger partial charge is 0.381 e. The number of morpholine rings is 1. The average Bonchev–Trinajstić information content (AvgIpc) is 2.70. The fourth-order valence-corrected chi connectivity index (χ4v) is 3.32. The Bertz CT molecular complexity index is 614. The number of hydrogen-bond donors (Lipinski definition) is 2. The minimum atomic E-state index is -0.526. The van der Waals surface area contributed by atoms with Crippen molar-refractivity contribution < 1.29 is 19.1 Å². The summed E-state index contributed by atoms with van der Waals surface area (Å²) in [6.45, 7) is 3.83. The lowest BCUT2D eigenvalue weighted by molar-refractivity contribution is -0.134. The van der Waals surface area contributed by atoms with E-state index in [0.717, 1.165) is 18.4 Å². The van der Waals surface area contributed by atoms with Crippen molar-refractivity contribution in [1.29, 1.82) is 0 Å². The Morgan fingerprint density at radius 1 is 1.07 bits per heavy atom. The molecule has 1 unspecified atom stereocenters. The fraction of sp³-hybridized carbons (Fsp3) is 0.579. The average molecular weight is 398 g/mol. The first-order chi connectivity index (χ1) is 12.6. The van der Waals surface area contributed by atoms with Crippen molar-refractivity contribution >= 4 is 29.9 Å². The lowest BCUT2D eigenvalue weighted by atomic mass is 9.92. The second kappa shape index (κ2) is 10.6. The van der Waals surface area contributed by atoms with E-state index in [4.69, 9.17) is 15.2 Å². The number of nitrogens with two attached hydrogens (primary N) is 1. The van der Waals surface area contributed by atoms with Crippen LogP contribution in [0, 0.1) is 5.92 Å². The molecule has 2 fully saturated rings. The highest BCUT2D eigenvalue weighted by atomic mass is 35.5. The summed E-state index contributed by atoms with van der Waals surface area (Å²) in [6, 6.07) is 6.84. The number of carbonyl (C=O) groups excluding carboxylic acids is 2. The predicted octanol–water partition coefficient (Wildman–Crippen LogP) is 1.20. The van der Waals surface area contributed by atoms with Crippen LogP contribution in [0.25, 0.3) is 0 Å². The molecule has 7 nitrogen and oxygen atoms in total. The van der Waals surface area contributed by atoms with Gasteiger partial charge in [0.2, 0.25) is 11.8 Å². The molecule has 2 amide bonds. The van der Waals surface area contributed by atoms with Crippen LogP contribution >= 0.6 is 12.4 Å². The molecule has 2 aliphatic rings. The molecule has 0 aliphatic carbocycles. The second-order valence-corrected chi connectivity index (χ2v) is 6.83. The predicted molar refractivity (Wildman–Crippen MR) is 105 cm³/mol. The van der Waals surface area contributed by atoms with Crippen molar-refractivity contribution in [1.82, 2.24) is 4.90 Å². The van der Waals surface area contributed by atoms with Gasteiger partial charge in [0.1, 0.15) is 0 Å². The van der Waals surface area contributed by atoms with Gasteiger partial charge in [0.25, 0.3) is 0 Å². The second-order valence-electron chi connectivity index (χ2n) is 6.83. The number of anilines is 1. The van der Waals surface area contributed by atoms with E-state index in [0.29, 0.717) is 51.6 Å². The monoisotopic (exact) mass is 397 g/mol. The van der Waals surface area contributed by atoms with Gasteiger partial charge in [-0.05, 0) is 36.5 Å². The van der Waals surface area contributed by atoms with Crippen molar-refractivity contribution in [2.45, 2.75) is 25.3 Å². The molecule has 3 N–H and O–H groups in total. The molecule has 0 spiro atoms. The third-order valence-electron chi connectivity index (χ3n) is 5.02. The highest BCUT2D eigenvalue weighted by Crippen LogP contribution is 2.19. The lowest BCUT2D eigenvalue weighted by Crippen LogP contribution is -2.44. The highest BCUT2D eigenvalue weighted by molar-refractivity contribution is 5.95. The minimum Gasteiger partial charge on any atom is -0.381 e. The molecule has 2 aliphatic heterocycles. The number of benzene rings is 1. The van der Waals surface area contributed by atoms with E-state index in [2.05, 4.69) is 5.32 Å². The summed E-state index contributed by atoms with van der Waals surface area (Å²) in [6.07, 6.45) is 1.99. The summed E-state index contributed by atoms with van der Waals surface area (Å²) in [7, 11) is 0. The third-order valence-corrected chi connectivity index (χ3v) is 5.02. The molecule has 0 saturated carbocycles. The lowest BCUT2D eigenvalue weighted by Gasteiger charge is -2.27. The smallest absolute Gasteiger partial charge is 0.241 e. The molecule has 27 heavy (non-hydrogen) atoms. The molecule has 1 aromatic rings. The molecule has 2 saturated heterocycles. The van der Waals surface area contributed by atoms with Crippen LogP contribution in [0.4, 0.5) is 5.69 Å². The first-order valence-electron chi connectivity index (χ1n) is 9.22. The first kappa shape index (κ1) is 21.6. The van der Waals surface area contributed by atoms with Crippen LogP contribution in [-0.2, 0) is 25.5 Å². The zero-order chi connectivity index (χ0) is 18.4. The summed E-state index contributed by atoms with van der Waals surface area (Å²) >= 11 is 0. The van der Waals surface area contributed by atoms with Crippen molar-refractivity contribution in [3.05, 3.63) is 29.8 Å². The van der Waals surface area contributed by atoms with Gasteiger partial charge < -0.3 is 25.4 Å². The minimum absolute atomic E-state index is 0. The third kappa shape index (κ3) is 6.17. The summed E-state index contributed by atoms with van der Waals surface area (Å²) in [5.74, 6) is 0.0924. The maximum Gasteiger partial charge on any atom is 0.241 e. The van der Waals surface area contributed by atoms with Crippen molar-refractivity contribution in [2.75, 3.05) is 44.8 Å². The molecule has 2 heterocycles. The van der Waals surface area contributed by atoms with Gasteiger partial charge in [0, 0.05) is 32.0 Å². The molecular weight excluding hydrogens is 370 g/mol. The normalized spacial score (nSPS) is 19.1. The quantitative estimate of drug-likeness (QED) is 0.778. The Balaban J connectivity index is 0.00000261. The Morgan fingerprint density at radius 3 is 2.30 bits per heavy atom. The fourth-order valence-electron chi connectivity index (χ4n) is 3.32. The Kier molecular flexibility index (Phi) is 8.50. The highest BCUT2D eigenvalue weighted by Gasteiger charge is 2.26. The maximum atomic E-state index is 12.3. The molecule has 1 aromatic carbocycles. The van der Waals surface area contributed by atoms with Crippen molar-refractivity contribution in [2.24, 2.45) is 11.7 Å². The van der Waals surface area contributed by atoms with Gasteiger partial charge in [-0.1, -0.05) is 12.1 Å². The van der Waals surface area contributed by atoms with Gasteiger partial charge in [-0.15, -0.1) is 12.4 Å². The number of amides is 2. The van der Waals surface area contributed by atoms with Gasteiger partial charge in [-0.2, -0.15) is 0 Å². The number of carbonyl (C=O) groups is 2. The molecule has 8 heteroatoms. The van der Waals surface area contributed by atoms with Gasteiger partial charge in [0.15, 0.2) is 0 Å². The van der Waals surface area contributed by atoms with Gasteiger partial charge in [-0.3, -0.25) is 9.59 Å². The summed E-state index contributed by atoms with van der Waals surface area (Å²) in [5.41, 5.74) is 7.71. The van der Waals surface area contributed by atoms with Crippen LogP contribution in [0.3, 0.4) is 0 Å². The summed E-state index contributed by atoms with van der Waals surface area (Å²) in [5, 5.41) is 2.87. The molecule has 0 bridgehead atoms. The molecule has 150 valence electrons. The van der Waals surface area contributed by atoms with Crippen LogP contribution < -0.4 is 11.1 Å². The van der Waals surface area contributed by atoms with E-state index in [1.165, 1.54) is 0 Å². The van der Waals surface area contributed by atoms with Gasteiger partial charge >= 0.3 is 0 Å². The maximum absolute atomic E-state index is 12.3. The number of halogens is 1. The van der Waals surface area contributed by atoms with Crippen LogP contribution in [-0.4, -0.2) is 62.3 Å². The number of ether oxygens (including phenoxy) is 2. The summed E-state index contributed by atoms with van der Waals surface area (Å²) < 4.78 is 10.6. The van der Waals surface area contributed by atoms with E-state index in [9.17, 15) is 9.59 Å². The van der Waals surface area contributed by atoms with Crippen LogP contribution in [0.5, 0.6) is 0 Å². The molecule has 3 rings (SSSR count). The van der Waals surface area contributed by atoms with E-state index in [1.54, 1.807) is 0 Å². The van der Waals surface area contributed by atoms with Gasteiger partial charge in [0.05, 0.1) is 25.7 Å². The van der Waals surface area contributed by atoms with Crippen molar-refractivity contribution in [3.8, 4) is 0 Å². The standard InChI is InChI=1S/C19H27N3O4.ClH/c20-18(15-5-9-25-10-6-15)19(24)21-16-3-1-14(2-4-16)13-17(23)22-7-11-26-12-8-22;/h1-4,15,18H,5-13,20H2,(H,21,24);1H. The Morgan fingerprint density at radius 2 is 1.67 bits per heavy atom. The Labute approximate surface area is 166 Å². The molecule has 0 radical (unpaired) electrons. The van der Waals surface area contributed by atoms with E-state index in [-0.39, 0.29) is 30.1 Å². The SMILES string of the molecule is Cl.NC(C(=O)Nc1ccc(CC(=O)N2CCOCC2)cc1)C1CCOCC1. The van der Waals surface area contributed by atoms with E-state index in [1.807, 2.05) is 29.2 Å². The first-order valence-corrected chi connectivity index (χ1v) is 9.22. The zero-order valence-corrected chi connectivity index (χ0v) is 16.2. The number of rotatable bonds is 5. The van der Waals surface area contributed by atoms with Crippen molar-refractivity contribution in [3.63, 3.8) is 0 Å².